The zero-order chi connectivity index (χ0) is 17.1. The van der Waals surface area contributed by atoms with E-state index in [1.807, 2.05) is 4.90 Å². The van der Waals surface area contributed by atoms with E-state index in [2.05, 4.69) is 4.74 Å². The maximum atomic E-state index is 14.4. The van der Waals surface area contributed by atoms with Crippen LogP contribution in [0.1, 0.15) is 6.42 Å². The first-order valence-corrected chi connectivity index (χ1v) is 7.75. The zero-order valence-corrected chi connectivity index (χ0v) is 13.4. The van der Waals surface area contributed by atoms with Gasteiger partial charge in [-0.1, -0.05) is 0 Å². The Balaban J connectivity index is 1.72. The van der Waals surface area contributed by atoms with Gasteiger partial charge in [0, 0.05) is 13.1 Å². The molecule has 0 unspecified atom stereocenters. The highest BCUT2D eigenvalue weighted by atomic mass is 19.1. The van der Waals surface area contributed by atoms with Crippen molar-refractivity contribution < 1.29 is 28.2 Å². The molecular weight excluding hydrogens is 319 g/mol. The number of carbonyl (C=O) groups excluding carboxylic acids is 2. The van der Waals surface area contributed by atoms with Gasteiger partial charge in [-0.3, -0.25) is 9.69 Å². The second-order valence-electron chi connectivity index (χ2n) is 5.63. The van der Waals surface area contributed by atoms with E-state index in [-0.39, 0.29) is 13.0 Å². The Bertz CT molecular complexity index is 633. The van der Waals surface area contributed by atoms with Crippen LogP contribution in [-0.4, -0.2) is 58.1 Å². The minimum absolute atomic E-state index is 0.0208. The average Bonchev–Trinajstić information content (AvgIpc) is 2.95. The van der Waals surface area contributed by atoms with Gasteiger partial charge >= 0.3 is 12.1 Å². The number of morpholine rings is 1. The number of amides is 1. The molecular formula is C16H19FN2O5. The number of methoxy groups -OCH3 is 1. The number of cyclic esters (lactones) is 1. The fourth-order valence-corrected chi connectivity index (χ4v) is 2.83. The molecule has 7 nitrogen and oxygen atoms in total. The van der Waals surface area contributed by atoms with Gasteiger partial charge in [0.25, 0.3) is 0 Å². The minimum Gasteiger partial charge on any atom is -0.469 e. The number of rotatable bonds is 4. The molecule has 8 heteroatoms. The van der Waals surface area contributed by atoms with Crippen LogP contribution in [0.4, 0.5) is 20.6 Å². The van der Waals surface area contributed by atoms with Gasteiger partial charge in [0.05, 0.1) is 44.7 Å². The molecule has 130 valence electrons. The van der Waals surface area contributed by atoms with Crippen molar-refractivity contribution in [2.45, 2.75) is 12.5 Å². The van der Waals surface area contributed by atoms with E-state index in [0.717, 1.165) is 0 Å². The van der Waals surface area contributed by atoms with E-state index in [4.69, 9.17) is 9.47 Å². The number of hydrogen-bond donors (Lipinski definition) is 0. The van der Waals surface area contributed by atoms with E-state index in [1.54, 1.807) is 12.1 Å². The Kier molecular flexibility index (Phi) is 4.84. The lowest BCUT2D eigenvalue weighted by Crippen LogP contribution is -2.36. The van der Waals surface area contributed by atoms with Crippen LogP contribution in [0, 0.1) is 5.82 Å². The summed E-state index contributed by atoms with van der Waals surface area (Å²) < 4.78 is 29.4. The standard InChI is InChI=1S/C16H19FN2O5/c1-22-15(20)9-12-10-19(16(21)24-12)11-2-3-14(13(17)8-11)18-4-6-23-7-5-18/h2-3,8,12H,4-7,9-10H2,1H3/t12-/m1/s1. The molecule has 1 aromatic rings. The van der Waals surface area contributed by atoms with E-state index in [0.29, 0.717) is 37.7 Å². The Morgan fingerprint density at radius 1 is 1.38 bits per heavy atom. The molecule has 1 atom stereocenters. The molecule has 2 fully saturated rings. The van der Waals surface area contributed by atoms with Crippen LogP contribution in [0.5, 0.6) is 0 Å². The topological polar surface area (TPSA) is 68.3 Å². The number of esters is 1. The molecule has 2 heterocycles. The molecule has 3 rings (SSSR count). The molecule has 0 radical (unpaired) electrons. The first-order valence-electron chi connectivity index (χ1n) is 7.75. The summed E-state index contributed by atoms with van der Waals surface area (Å²) in [6.07, 6.45) is -1.21. The van der Waals surface area contributed by atoms with Crippen molar-refractivity contribution >= 4 is 23.4 Å². The summed E-state index contributed by atoms with van der Waals surface area (Å²) in [4.78, 5) is 26.5. The fraction of sp³-hybridized carbons (Fsp3) is 0.500. The van der Waals surface area contributed by atoms with Crippen molar-refractivity contribution in [3.63, 3.8) is 0 Å². The summed E-state index contributed by atoms with van der Waals surface area (Å²) in [7, 11) is 1.27. The van der Waals surface area contributed by atoms with E-state index in [1.165, 1.54) is 18.1 Å². The van der Waals surface area contributed by atoms with Crippen LogP contribution >= 0.6 is 0 Å². The summed E-state index contributed by atoms with van der Waals surface area (Å²) in [5.74, 6) is -0.859. The van der Waals surface area contributed by atoms with Crippen molar-refractivity contribution in [2.75, 3.05) is 49.8 Å². The summed E-state index contributed by atoms with van der Waals surface area (Å²) >= 11 is 0. The van der Waals surface area contributed by atoms with E-state index in [9.17, 15) is 14.0 Å². The molecule has 1 amide bonds. The highest BCUT2D eigenvalue weighted by Crippen LogP contribution is 2.28. The molecule has 0 bridgehead atoms. The smallest absolute Gasteiger partial charge is 0.414 e. The van der Waals surface area contributed by atoms with Crippen LogP contribution in [0.2, 0.25) is 0 Å². The van der Waals surface area contributed by atoms with Gasteiger partial charge in [-0.05, 0) is 18.2 Å². The van der Waals surface area contributed by atoms with Crippen LogP contribution in [0.25, 0.3) is 0 Å². The van der Waals surface area contributed by atoms with Gasteiger partial charge in [0.2, 0.25) is 0 Å². The Morgan fingerprint density at radius 3 is 2.79 bits per heavy atom. The Hall–Kier alpha value is -2.35. The lowest BCUT2D eigenvalue weighted by atomic mass is 10.2. The molecule has 2 saturated heterocycles. The summed E-state index contributed by atoms with van der Waals surface area (Å²) in [6, 6.07) is 4.64. The molecule has 0 aliphatic carbocycles. The third kappa shape index (κ3) is 3.43. The second-order valence-corrected chi connectivity index (χ2v) is 5.63. The van der Waals surface area contributed by atoms with Gasteiger partial charge in [-0.15, -0.1) is 0 Å². The fourth-order valence-electron chi connectivity index (χ4n) is 2.83. The number of carbonyl (C=O) groups is 2. The first kappa shape index (κ1) is 16.5. The van der Waals surface area contributed by atoms with Crippen molar-refractivity contribution in [1.82, 2.24) is 0 Å². The van der Waals surface area contributed by atoms with Crippen LogP contribution in [-0.2, 0) is 19.0 Å². The lowest BCUT2D eigenvalue weighted by molar-refractivity contribution is -0.142. The number of benzene rings is 1. The van der Waals surface area contributed by atoms with Crippen LogP contribution < -0.4 is 9.80 Å². The Morgan fingerprint density at radius 2 is 2.12 bits per heavy atom. The highest BCUT2D eigenvalue weighted by molar-refractivity contribution is 5.90. The van der Waals surface area contributed by atoms with Gasteiger partial charge in [-0.2, -0.15) is 0 Å². The van der Waals surface area contributed by atoms with Gasteiger partial charge in [0.1, 0.15) is 11.9 Å². The largest absolute Gasteiger partial charge is 0.469 e. The number of nitrogens with zero attached hydrogens (tertiary/aromatic N) is 2. The third-order valence-electron chi connectivity index (χ3n) is 4.09. The predicted octanol–water partition coefficient (Wildman–Crippen LogP) is 1.55. The highest BCUT2D eigenvalue weighted by Gasteiger charge is 2.34. The molecule has 2 aliphatic heterocycles. The number of halogens is 1. The molecule has 0 saturated carbocycles. The van der Waals surface area contributed by atoms with E-state index >= 15 is 0 Å². The maximum absolute atomic E-state index is 14.4. The van der Waals surface area contributed by atoms with Crippen molar-refractivity contribution in [2.24, 2.45) is 0 Å². The summed E-state index contributed by atoms with van der Waals surface area (Å²) in [5, 5.41) is 0. The quantitative estimate of drug-likeness (QED) is 0.776. The SMILES string of the molecule is COC(=O)C[C@@H]1CN(c2ccc(N3CCOCC3)c(F)c2)C(=O)O1. The Labute approximate surface area is 138 Å². The average molecular weight is 338 g/mol. The van der Waals surface area contributed by atoms with Crippen LogP contribution in [0.3, 0.4) is 0 Å². The third-order valence-corrected chi connectivity index (χ3v) is 4.09. The van der Waals surface area contributed by atoms with Crippen molar-refractivity contribution in [1.29, 1.82) is 0 Å². The zero-order valence-electron chi connectivity index (χ0n) is 13.4. The summed E-state index contributed by atoms with van der Waals surface area (Å²) in [5.41, 5.74) is 0.891. The van der Waals surface area contributed by atoms with Gasteiger partial charge in [0.15, 0.2) is 0 Å². The number of hydrogen-bond acceptors (Lipinski definition) is 6. The molecule has 0 N–H and O–H groups in total. The second kappa shape index (κ2) is 7.04. The monoisotopic (exact) mass is 338 g/mol. The van der Waals surface area contributed by atoms with Gasteiger partial charge in [-0.25, -0.2) is 9.18 Å². The van der Waals surface area contributed by atoms with Crippen molar-refractivity contribution in [3.05, 3.63) is 24.0 Å². The minimum atomic E-state index is -0.595. The van der Waals surface area contributed by atoms with E-state index < -0.39 is 24.0 Å². The number of ether oxygens (including phenoxy) is 3. The molecule has 2 aliphatic rings. The molecule has 1 aromatic carbocycles. The van der Waals surface area contributed by atoms with Crippen molar-refractivity contribution in [3.8, 4) is 0 Å². The summed E-state index contributed by atoms with van der Waals surface area (Å²) in [6.45, 7) is 2.57. The first-order chi connectivity index (χ1) is 11.6. The van der Waals surface area contributed by atoms with Gasteiger partial charge < -0.3 is 19.1 Å². The lowest BCUT2D eigenvalue weighted by Gasteiger charge is -2.29. The maximum Gasteiger partial charge on any atom is 0.414 e. The normalized spacial score (nSPS) is 20.9. The number of anilines is 2. The molecule has 0 spiro atoms. The predicted molar refractivity (Wildman–Crippen MR) is 83.7 cm³/mol. The molecule has 0 aromatic heterocycles. The molecule has 24 heavy (non-hydrogen) atoms. The van der Waals surface area contributed by atoms with Crippen LogP contribution in [0.15, 0.2) is 18.2 Å².